The largest absolute Gasteiger partial charge is 0.487 e. The SMILES string of the molecule is CN(C1CCCCC1)S(=O)(=O)c1cccc(C(=O)NCc2cccc(OCc3ccccn3)c2)c1. The van der Waals surface area contributed by atoms with Gasteiger partial charge in [-0.2, -0.15) is 4.31 Å². The molecule has 184 valence electrons. The number of pyridine rings is 1. The Morgan fingerprint density at radius 3 is 2.60 bits per heavy atom. The maximum Gasteiger partial charge on any atom is 0.251 e. The molecule has 1 saturated carbocycles. The monoisotopic (exact) mass is 493 g/mol. The lowest BCUT2D eigenvalue weighted by Gasteiger charge is -2.30. The minimum absolute atomic E-state index is 0.0124. The number of aromatic nitrogens is 1. The van der Waals surface area contributed by atoms with Gasteiger partial charge >= 0.3 is 0 Å². The van der Waals surface area contributed by atoms with Crippen LogP contribution < -0.4 is 10.1 Å². The van der Waals surface area contributed by atoms with Crippen LogP contribution in [-0.4, -0.2) is 36.7 Å². The van der Waals surface area contributed by atoms with Crippen LogP contribution in [0.4, 0.5) is 0 Å². The van der Waals surface area contributed by atoms with Gasteiger partial charge in [-0.1, -0.05) is 43.5 Å². The molecule has 0 radical (unpaired) electrons. The van der Waals surface area contributed by atoms with Crippen molar-refractivity contribution in [2.45, 2.75) is 56.2 Å². The highest BCUT2D eigenvalue weighted by Gasteiger charge is 2.29. The molecule has 8 heteroatoms. The van der Waals surface area contributed by atoms with Gasteiger partial charge < -0.3 is 10.1 Å². The molecule has 1 aromatic heterocycles. The summed E-state index contributed by atoms with van der Waals surface area (Å²) in [5.74, 6) is 0.350. The van der Waals surface area contributed by atoms with Gasteiger partial charge in [-0.15, -0.1) is 0 Å². The summed E-state index contributed by atoms with van der Waals surface area (Å²) in [6, 6.07) is 19.4. The summed E-state index contributed by atoms with van der Waals surface area (Å²) >= 11 is 0. The maximum absolute atomic E-state index is 13.2. The van der Waals surface area contributed by atoms with E-state index in [1.807, 2.05) is 42.5 Å². The van der Waals surface area contributed by atoms with Crippen molar-refractivity contribution in [1.82, 2.24) is 14.6 Å². The number of hydrogen-bond donors (Lipinski definition) is 1. The van der Waals surface area contributed by atoms with E-state index in [9.17, 15) is 13.2 Å². The van der Waals surface area contributed by atoms with E-state index in [2.05, 4.69) is 10.3 Å². The molecule has 35 heavy (non-hydrogen) atoms. The topological polar surface area (TPSA) is 88.6 Å². The number of amides is 1. The molecular formula is C27H31N3O4S. The lowest BCUT2D eigenvalue weighted by Crippen LogP contribution is -2.38. The first-order chi connectivity index (χ1) is 16.9. The summed E-state index contributed by atoms with van der Waals surface area (Å²) in [4.78, 5) is 17.2. The normalized spacial score (nSPS) is 14.6. The van der Waals surface area contributed by atoms with E-state index in [1.54, 1.807) is 31.4 Å². The smallest absolute Gasteiger partial charge is 0.251 e. The van der Waals surface area contributed by atoms with Crippen molar-refractivity contribution < 1.29 is 17.9 Å². The van der Waals surface area contributed by atoms with Crippen molar-refractivity contribution in [3.05, 3.63) is 89.7 Å². The number of nitrogens with one attached hydrogen (secondary N) is 1. The second-order valence-corrected chi connectivity index (χ2v) is 10.8. The third kappa shape index (κ3) is 6.46. The van der Waals surface area contributed by atoms with Crippen LogP contribution in [-0.2, 0) is 23.2 Å². The Morgan fingerprint density at radius 1 is 1.03 bits per heavy atom. The molecule has 1 N–H and O–H groups in total. The van der Waals surface area contributed by atoms with Crippen molar-refractivity contribution in [2.75, 3.05) is 7.05 Å². The molecule has 0 aliphatic heterocycles. The Morgan fingerprint density at radius 2 is 1.83 bits per heavy atom. The highest BCUT2D eigenvalue weighted by Crippen LogP contribution is 2.26. The number of carbonyl (C=O) groups excluding carboxylic acids is 1. The Balaban J connectivity index is 1.38. The Labute approximate surface area is 207 Å². The number of ether oxygens (including phenoxy) is 1. The molecule has 3 aromatic rings. The fourth-order valence-electron chi connectivity index (χ4n) is 4.28. The molecule has 1 heterocycles. The Hall–Kier alpha value is -3.23. The van der Waals surface area contributed by atoms with Gasteiger partial charge in [0.1, 0.15) is 12.4 Å². The molecule has 1 aliphatic rings. The zero-order valence-corrected chi connectivity index (χ0v) is 20.7. The third-order valence-electron chi connectivity index (χ3n) is 6.33. The van der Waals surface area contributed by atoms with E-state index in [0.717, 1.165) is 43.4 Å². The first-order valence-corrected chi connectivity index (χ1v) is 13.4. The van der Waals surface area contributed by atoms with Gasteiger partial charge in [-0.25, -0.2) is 8.42 Å². The van der Waals surface area contributed by atoms with Crippen LogP contribution in [0.3, 0.4) is 0 Å². The van der Waals surface area contributed by atoms with Crippen LogP contribution in [0.15, 0.2) is 77.8 Å². The Bertz CT molecular complexity index is 1240. The van der Waals surface area contributed by atoms with Crippen molar-refractivity contribution in [1.29, 1.82) is 0 Å². The number of benzene rings is 2. The third-order valence-corrected chi connectivity index (χ3v) is 8.23. The second kappa shape index (κ2) is 11.5. The van der Waals surface area contributed by atoms with E-state index in [0.29, 0.717) is 24.5 Å². The van der Waals surface area contributed by atoms with Gasteiger partial charge in [0.05, 0.1) is 10.6 Å². The van der Waals surface area contributed by atoms with Crippen molar-refractivity contribution in [3.63, 3.8) is 0 Å². The number of sulfonamides is 1. The van der Waals surface area contributed by atoms with Gasteiger partial charge in [0.15, 0.2) is 0 Å². The average Bonchev–Trinajstić information content (AvgIpc) is 2.91. The fraction of sp³-hybridized carbons (Fsp3) is 0.333. The highest BCUT2D eigenvalue weighted by atomic mass is 32.2. The molecule has 4 rings (SSSR count). The number of carbonyl (C=O) groups is 1. The van der Waals surface area contributed by atoms with Crippen LogP contribution in [0.2, 0.25) is 0 Å². The van der Waals surface area contributed by atoms with Gasteiger partial charge in [-0.3, -0.25) is 9.78 Å². The highest BCUT2D eigenvalue weighted by molar-refractivity contribution is 7.89. The van der Waals surface area contributed by atoms with E-state index in [-0.39, 0.29) is 16.8 Å². The number of rotatable bonds is 9. The van der Waals surface area contributed by atoms with Crippen LogP contribution in [0, 0.1) is 0 Å². The van der Waals surface area contributed by atoms with E-state index >= 15 is 0 Å². The van der Waals surface area contributed by atoms with Crippen molar-refractivity contribution in [2.24, 2.45) is 0 Å². The van der Waals surface area contributed by atoms with Gasteiger partial charge in [-0.05, 0) is 60.9 Å². The van der Waals surface area contributed by atoms with Crippen molar-refractivity contribution >= 4 is 15.9 Å². The molecule has 0 atom stereocenters. The fourth-order valence-corrected chi connectivity index (χ4v) is 5.74. The first-order valence-electron chi connectivity index (χ1n) is 11.9. The van der Waals surface area contributed by atoms with Crippen molar-refractivity contribution in [3.8, 4) is 5.75 Å². The van der Waals surface area contributed by atoms with Crippen LogP contribution in [0.25, 0.3) is 0 Å². The summed E-state index contributed by atoms with van der Waals surface area (Å²) in [5, 5.41) is 2.87. The van der Waals surface area contributed by atoms with E-state index in [4.69, 9.17) is 4.74 Å². The van der Waals surface area contributed by atoms with Crippen LogP contribution in [0.5, 0.6) is 5.75 Å². The zero-order valence-electron chi connectivity index (χ0n) is 19.9. The molecule has 1 fully saturated rings. The predicted octanol–water partition coefficient (Wildman–Crippen LogP) is 4.54. The summed E-state index contributed by atoms with van der Waals surface area (Å²) < 4.78 is 33.6. The average molecular weight is 494 g/mol. The summed E-state index contributed by atoms with van der Waals surface area (Å²) in [6.45, 7) is 0.645. The quantitative estimate of drug-likeness (QED) is 0.473. The minimum atomic E-state index is -3.66. The molecular weight excluding hydrogens is 462 g/mol. The molecule has 2 aromatic carbocycles. The summed E-state index contributed by atoms with van der Waals surface area (Å²) in [5.41, 5.74) is 2.01. The lowest BCUT2D eigenvalue weighted by atomic mass is 9.96. The van der Waals surface area contributed by atoms with E-state index in [1.165, 1.54) is 10.4 Å². The molecule has 1 amide bonds. The number of hydrogen-bond acceptors (Lipinski definition) is 5. The minimum Gasteiger partial charge on any atom is -0.487 e. The summed E-state index contributed by atoms with van der Waals surface area (Å²) in [6.07, 6.45) is 6.71. The second-order valence-electron chi connectivity index (χ2n) is 8.78. The van der Waals surface area contributed by atoms with Gasteiger partial charge in [0, 0.05) is 31.4 Å². The Kier molecular flexibility index (Phi) is 8.15. The molecule has 7 nitrogen and oxygen atoms in total. The maximum atomic E-state index is 13.2. The van der Waals surface area contributed by atoms with Gasteiger partial charge in [0.2, 0.25) is 10.0 Å². The number of nitrogens with zero attached hydrogens (tertiary/aromatic N) is 2. The molecule has 1 aliphatic carbocycles. The van der Waals surface area contributed by atoms with Crippen LogP contribution in [0.1, 0.15) is 53.7 Å². The molecule has 0 unspecified atom stereocenters. The predicted molar refractivity (Wildman–Crippen MR) is 134 cm³/mol. The molecule has 0 saturated heterocycles. The zero-order chi connectivity index (χ0) is 24.7. The first kappa shape index (κ1) is 24.9. The standard InChI is InChI=1S/C27H31N3O4S/c1-30(24-12-3-2-4-13-24)35(32,33)26-15-8-10-22(18-26)27(31)29-19-21-9-7-14-25(17-21)34-20-23-11-5-6-16-28-23/h5-11,14-18,24H,2-4,12-13,19-20H2,1H3,(H,29,31). The summed E-state index contributed by atoms with van der Waals surface area (Å²) in [7, 11) is -2.03. The molecule has 0 spiro atoms. The lowest BCUT2D eigenvalue weighted by molar-refractivity contribution is 0.0950. The van der Waals surface area contributed by atoms with Crippen LogP contribution >= 0.6 is 0 Å². The van der Waals surface area contributed by atoms with E-state index < -0.39 is 10.0 Å². The molecule has 0 bridgehead atoms. The van der Waals surface area contributed by atoms with Gasteiger partial charge in [0.25, 0.3) is 5.91 Å².